The second-order valence-corrected chi connectivity index (χ2v) is 5.25. The Bertz CT molecular complexity index is 775. The fourth-order valence-corrected chi connectivity index (χ4v) is 2.69. The minimum atomic E-state index is -1.00. The highest BCUT2D eigenvalue weighted by Gasteiger charge is 2.32. The van der Waals surface area contributed by atoms with Gasteiger partial charge in [-0.15, -0.1) is 10.1 Å². The topological polar surface area (TPSA) is 137 Å². The van der Waals surface area contributed by atoms with E-state index in [1.807, 2.05) is 0 Å². The van der Waals surface area contributed by atoms with Crippen LogP contribution in [0.3, 0.4) is 0 Å². The summed E-state index contributed by atoms with van der Waals surface area (Å²) in [5.41, 5.74) is 2.40. The Morgan fingerprint density at radius 3 is 2.60 bits per heavy atom. The summed E-state index contributed by atoms with van der Waals surface area (Å²) in [6, 6.07) is 1.61. The molecule has 0 N–H and O–H groups in total. The van der Waals surface area contributed by atoms with E-state index in [0.29, 0.717) is 32.9 Å². The highest BCUT2D eigenvalue weighted by Crippen LogP contribution is 2.28. The van der Waals surface area contributed by atoms with Gasteiger partial charge >= 0.3 is 5.97 Å². The molecule has 0 unspecified atom stereocenters. The van der Waals surface area contributed by atoms with Gasteiger partial charge in [0.2, 0.25) is 5.71 Å². The van der Waals surface area contributed by atoms with Gasteiger partial charge in [0, 0.05) is 15.8 Å². The Balaban J connectivity index is 2.56. The molecule has 1 aromatic carbocycles. The third kappa shape index (κ3) is 3.65. The number of hydrogen-bond donors (Lipinski definition) is 0. The Labute approximate surface area is 142 Å². The van der Waals surface area contributed by atoms with Crippen LogP contribution in [0.1, 0.15) is 39.5 Å². The minimum Gasteiger partial charge on any atom is -0.462 e. The van der Waals surface area contributed by atoms with Crippen molar-refractivity contribution in [3.05, 3.63) is 54.1 Å². The zero-order valence-electron chi connectivity index (χ0n) is 13.8. The van der Waals surface area contributed by atoms with E-state index in [0.717, 1.165) is 0 Å². The average Bonchev–Trinajstić information content (AvgIpc) is 2.52. The molecule has 0 amide bonds. The van der Waals surface area contributed by atoms with Crippen LogP contribution in [-0.4, -0.2) is 40.1 Å². The maximum atomic E-state index is 12.2. The van der Waals surface area contributed by atoms with Crippen LogP contribution in [0.5, 0.6) is 0 Å². The molecular formula is C14H16N4O7. The number of hydrogen-bond acceptors (Lipinski definition) is 8. The van der Waals surface area contributed by atoms with E-state index in [4.69, 9.17) is 4.74 Å². The van der Waals surface area contributed by atoms with E-state index < -0.39 is 22.7 Å². The highest BCUT2D eigenvalue weighted by molar-refractivity contribution is 6.05. The van der Waals surface area contributed by atoms with Gasteiger partial charge in [0.25, 0.3) is 5.09 Å². The Morgan fingerprint density at radius 2 is 2.04 bits per heavy atom. The number of esters is 1. The number of carbonyl (C=O) groups is 1. The second-order valence-electron chi connectivity index (χ2n) is 5.25. The lowest BCUT2D eigenvalue weighted by Gasteiger charge is -2.22. The van der Waals surface area contributed by atoms with Crippen LogP contribution in [0, 0.1) is 34.1 Å². The highest BCUT2D eigenvalue weighted by atomic mass is 16.9. The van der Waals surface area contributed by atoms with Crippen molar-refractivity contribution in [1.29, 1.82) is 0 Å². The van der Waals surface area contributed by atoms with Crippen LogP contribution in [0.25, 0.3) is 0 Å². The number of nitrogens with zero attached hydrogens (tertiary/aromatic N) is 4. The summed E-state index contributed by atoms with van der Waals surface area (Å²) in [6.45, 7) is 4.48. The van der Waals surface area contributed by atoms with Crippen LogP contribution >= 0.6 is 0 Å². The molecule has 0 saturated carbocycles. The van der Waals surface area contributed by atoms with Gasteiger partial charge in [-0.3, -0.25) is 0 Å². The first-order chi connectivity index (χ1) is 11.8. The van der Waals surface area contributed by atoms with Gasteiger partial charge in [-0.2, -0.15) is 0 Å². The zero-order valence-corrected chi connectivity index (χ0v) is 13.8. The van der Waals surface area contributed by atoms with Crippen LogP contribution in [0.15, 0.2) is 11.2 Å². The summed E-state index contributed by atoms with van der Waals surface area (Å²) in [7, 11) is 0. The van der Waals surface area contributed by atoms with Crippen molar-refractivity contribution in [2.45, 2.75) is 27.3 Å². The van der Waals surface area contributed by atoms with Gasteiger partial charge in [0.1, 0.15) is 6.54 Å². The Kier molecular flexibility index (Phi) is 5.15. The quantitative estimate of drug-likeness (QED) is 0.425. The zero-order chi connectivity index (χ0) is 18.7. The lowest BCUT2D eigenvalue weighted by Crippen LogP contribution is -2.33. The predicted octanol–water partition coefficient (Wildman–Crippen LogP) is 1.40. The molecule has 0 radical (unpaired) electrons. The molecular weight excluding hydrogens is 336 g/mol. The van der Waals surface area contributed by atoms with Gasteiger partial charge in [-0.25, -0.2) is 4.79 Å². The Morgan fingerprint density at radius 1 is 1.36 bits per heavy atom. The molecule has 11 heteroatoms. The average molecular weight is 352 g/mol. The van der Waals surface area contributed by atoms with E-state index in [2.05, 4.69) is 9.94 Å². The molecule has 1 heterocycles. The molecule has 1 aliphatic rings. The fraction of sp³-hybridized carbons (Fsp3) is 0.429. The number of hydrazine groups is 1. The molecule has 0 saturated heterocycles. The van der Waals surface area contributed by atoms with E-state index in [-0.39, 0.29) is 18.9 Å². The van der Waals surface area contributed by atoms with Crippen molar-refractivity contribution in [3.63, 3.8) is 0 Å². The summed E-state index contributed by atoms with van der Waals surface area (Å²) in [5, 5.41) is 24.2. The molecule has 0 atom stereocenters. The molecule has 1 aromatic rings. The van der Waals surface area contributed by atoms with Gasteiger partial charge in [-0.1, -0.05) is 0 Å². The maximum Gasteiger partial charge on any atom is 0.338 e. The molecule has 1 aliphatic heterocycles. The number of benzene rings is 1. The fourth-order valence-electron chi connectivity index (χ4n) is 2.69. The second kappa shape index (κ2) is 7.11. The van der Waals surface area contributed by atoms with Crippen molar-refractivity contribution >= 4 is 11.7 Å². The molecule has 25 heavy (non-hydrogen) atoms. The van der Waals surface area contributed by atoms with E-state index in [9.17, 15) is 25.0 Å². The number of rotatable bonds is 6. The number of carbonyl (C=O) groups excluding carboxylic acids is 1. The van der Waals surface area contributed by atoms with Crippen LogP contribution in [0.4, 0.5) is 0 Å². The number of ether oxygens (including phenoxy) is 1. The Hall–Kier alpha value is -3.24. The SMILES string of the molecule is CCOC(=O)c1c(C)cc2c(c1C)CN([N+](=O)[O-])N=C2CO[N+](=O)[O-]. The van der Waals surface area contributed by atoms with Crippen molar-refractivity contribution in [3.8, 4) is 0 Å². The van der Waals surface area contributed by atoms with Crippen molar-refractivity contribution in [2.24, 2.45) is 5.10 Å². The van der Waals surface area contributed by atoms with E-state index in [1.54, 1.807) is 26.8 Å². The van der Waals surface area contributed by atoms with Crippen molar-refractivity contribution in [2.75, 3.05) is 13.2 Å². The lowest BCUT2D eigenvalue weighted by atomic mass is 9.90. The summed E-state index contributed by atoms with van der Waals surface area (Å²) in [4.78, 5) is 38.0. The van der Waals surface area contributed by atoms with Crippen molar-refractivity contribution < 1.29 is 24.5 Å². The van der Waals surface area contributed by atoms with Gasteiger partial charge in [0.15, 0.2) is 6.61 Å². The standard InChI is InChI=1S/C14H16N4O7/c1-4-24-14(19)13-8(2)5-10-11(9(13)3)6-16(17(20)21)15-12(10)7-25-18(22)23/h5H,4,6-7H2,1-3H3. The molecule has 0 aliphatic carbocycles. The van der Waals surface area contributed by atoms with Crippen LogP contribution in [-0.2, 0) is 16.1 Å². The molecule has 11 nitrogen and oxygen atoms in total. The molecule has 2 rings (SSSR count). The third-order valence-corrected chi connectivity index (χ3v) is 3.73. The normalized spacial score (nSPS) is 12.9. The molecule has 0 fully saturated rings. The maximum absolute atomic E-state index is 12.2. The van der Waals surface area contributed by atoms with Gasteiger partial charge < -0.3 is 19.7 Å². The minimum absolute atomic E-state index is 0.0382. The summed E-state index contributed by atoms with van der Waals surface area (Å²) >= 11 is 0. The van der Waals surface area contributed by atoms with E-state index >= 15 is 0 Å². The smallest absolute Gasteiger partial charge is 0.338 e. The molecule has 0 spiro atoms. The largest absolute Gasteiger partial charge is 0.462 e. The number of nitro groups is 1. The summed E-state index contributed by atoms with van der Waals surface area (Å²) in [6.07, 6.45) is 0. The molecule has 0 aromatic heterocycles. The predicted molar refractivity (Wildman–Crippen MR) is 83.9 cm³/mol. The monoisotopic (exact) mass is 352 g/mol. The number of fused-ring (bicyclic) bond motifs is 1. The van der Waals surface area contributed by atoms with Crippen LogP contribution in [0.2, 0.25) is 0 Å². The first kappa shape index (κ1) is 18.1. The summed E-state index contributed by atoms with van der Waals surface area (Å²) in [5.74, 6) is -0.529. The third-order valence-electron chi connectivity index (χ3n) is 3.73. The number of hydrazone groups is 1. The van der Waals surface area contributed by atoms with Crippen molar-refractivity contribution in [1.82, 2.24) is 5.12 Å². The van der Waals surface area contributed by atoms with Gasteiger partial charge in [0.05, 0.1) is 17.2 Å². The van der Waals surface area contributed by atoms with Crippen LogP contribution < -0.4 is 0 Å². The van der Waals surface area contributed by atoms with E-state index in [1.165, 1.54) is 0 Å². The molecule has 134 valence electrons. The molecule has 0 bridgehead atoms. The lowest BCUT2D eigenvalue weighted by molar-refractivity contribution is -0.753. The number of aryl methyl sites for hydroxylation is 1. The first-order valence-electron chi connectivity index (χ1n) is 7.33. The summed E-state index contributed by atoms with van der Waals surface area (Å²) < 4.78 is 5.03. The first-order valence-corrected chi connectivity index (χ1v) is 7.33. The van der Waals surface area contributed by atoms with Gasteiger partial charge in [-0.05, 0) is 43.5 Å².